The molecule has 0 spiro atoms. The van der Waals surface area contributed by atoms with Gasteiger partial charge in [-0.3, -0.25) is 10.2 Å². The van der Waals surface area contributed by atoms with Gasteiger partial charge in [0.25, 0.3) is 0 Å². The SMILES string of the molecule is Cc1cccc(NC(=O)N2CC[C@H](N(C)Cc3ncccn3)C2)n1. The number of aromatic nitrogens is 3. The summed E-state index contributed by atoms with van der Waals surface area (Å²) >= 11 is 0. The Hall–Kier alpha value is -2.54. The van der Waals surface area contributed by atoms with Crippen LogP contribution in [0.25, 0.3) is 0 Å². The van der Waals surface area contributed by atoms with Crippen molar-refractivity contribution in [2.75, 3.05) is 25.5 Å². The van der Waals surface area contributed by atoms with Crippen LogP contribution in [0, 0.1) is 6.92 Å². The Bertz CT molecular complexity index is 692. The molecule has 0 aromatic carbocycles. The molecule has 1 aliphatic heterocycles. The van der Waals surface area contributed by atoms with Crippen molar-refractivity contribution in [3.8, 4) is 0 Å². The molecule has 0 unspecified atom stereocenters. The number of pyridine rings is 1. The molecule has 1 aliphatic rings. The average Bonchev–Trinajstić information content (AvgIpc) is 3.06. The fraction of sp³-hybridized carbons (Fsp3) is 0.412. The predicted molar refractivity (Wildman–Crippen MR) is 91.5 cm³/mol. The zero-order valence-corrected chi connectivity index (χ0v) is 14.0. The van der Waals surface area contributed by atoms with Crippen molar-refractivity contribution in [3.05, 3.63) is 48.2 Å². The molecule has 1 N–H and O–H groups in total. The largest absolute Gasteiger partial charge is 0.323 e. The smallest absolute Gasteiger partial charge is 0.323 e. The van der Waals surface area contributed by atoms with Crippen molar-refractivity contribution >= 4 is 11.8 Å². The number of likely N-dealkylation sites (tertiary alicyclic amines) is 1. The number of rotatable bonds is 4. The number of anilines is 1. The Morgan fingerprint density at radius 2 is 2.12 bits per heavy atom. The molecule has 0 bridgehead atoms. The second-order valence-electron chi connectivity index (χ2n) is 6.06. The normalized spacial score (nSPS) is 17.3. The lowest BCUT2D eigenvalue weighted by Gasteiger charge is -2.24. The number of likely N-dealkylation sites (N-methyl/N-ethyl adjacent to an activating group) is 1. The van der Waals surface area contributed by atoms with Crippen molar-refractivity contribution in [3.63, 3.8) is 0 Å². The lowest BCUT2D eigenvalue weighted by Crippen LogP contribution is -2.38. The zero-order valence-electron chi connectivity index (χ0n) is 14.0. The van der Waals surface area contributed by atoms with E-state index < -0.39 is 0 Å². The van der Waals surface area contributed by atoms with Crippen LogP contribution in [0.5, 0.6) is 0 Å². The first-order valence-electron chi connectivity index (χ1n) is 8.07. The van der Waals surface area contributed by atoms with Gasteiger partial charge in [-0.2, -0.15) is 0 Å². The van der Waals surface area contributed by atoms with Crippen LogP contribution >= 0.6 is 0 Å². The topological polar surface area (TPSA) is 74.2 Å². The van der Waals surface area contributed by atoms with Crippen LogP contribution in [0.3, 0.4) is 0 Å². The number of nitrogens with zero attached hydrogens (tertiary/aromatic N) is 5. The van der Waals surface area contributed by atoms with Gasteiger partial charge in [-0.15, -0.1) is 0 Å². The first-order valence-corrected chi connectivity index (χ1v) is 8.07. The van der Waals surface area contributed by atoms with Crippen LogP contribution in [0.4, 0.5) is 10.6 Å². The van der Waals surface area contributed by atoms with Gasteiger partial charge in [0.2, 0.25) is 0 Å². The monoisotopic (exact) mass is 326 g/mol. The van der Waals surface area contributed by atoms with E-state index in [9.17, 15) is 4.79 Å². The van der Waals surface area contributed by atoms with E-state index in [4.69, 9.17) is 0 Å². The number of nitrogens with one attached hydrogen (secondary N) is 1. The van der Waals surface area contributed by atoms with Crippen molar-refractivity contribution in [1.82, 2.24) is 24.8 Å². The molecule has 1 saturated heterocycles. The summed E-state index contributed by atoms with van der Waals surface area (Å²) in [6.45, 7) is 4.02. The number of hydrogen-bond acceptors (Lipinski definition) is 5. The van der Waals surface area contributed by atoms with Gasteiger partial charge in [-0.25, -0.2) is 19.7 Å². The molecule has 2 aromatic heterocycles. The summed E-state index contributed by atoms with van der Waals surface area (Å²) in [5.74, 6) is 1.39. The Morgan fingerprint density at radius 3 is 2.88 bits per heavy atom. The van der Waals surface area contributed by atoms with Gasteiger partial charge in [0.1, 0.15) is 11.6 Å². The standard InChI is InChI=1S/C17H22N6O/c1-13-5-3-6-15(20-13)21-17(24)23-10-7-14(11-23)22(2)12-16-18-8-4-9-19-16/h3-6,8-9,14H,7,10-12H2,1-2H3,(H,20,21,24)/t14-/m0/s1. The van der Waals surface area contributed by atoms with E-state index in [0.717, 1.165) is 24.5 Å². The first-order chi connectivity index (χ1) is 11.6. The van der Waals surface area contributed by atoms with Gasteiger partial charge in [-0.1, -0.05) is 6.07 Å². The minimum absolute atomic E-state index is 0.0973. The lowest BCUT2D eigenvalue weighted by atomic mass is 10.2. The number of aryl methyl sites for hydroxylation is 1. The van der Waals surface area contributed by atoms with E-state index in [0.29, 0.717) is 24.9 Å². The molecule has 1 atom stereocenters. The summed E-state index contributed by atoms with van der Waals surface area (Å²) in [6, 6.07) is 7.62. The molecule has 0 aliphatic carbocycles. The van der Waals surface area contributed by atoms with Gasteiger partial charge < -0.3 is 4.90 Å². The molecule has 2 amide bonds. The van der Waals surface area contributed by atoms with Crippen molar-refractivity contribution in [2.45, 2.75) is 25.9 Å². The highest BCUT2D eigenvalue weighted by Crippen LogP contribution is 2.17. The Morgan fingerprint density at radius 1 is 1.33 bits per heavy atom. The number of hydrogen-bond donors (Lipinski definition) is 1. The minimum Gasteiger partial charge on any atom is -0.323 e. The van der Waals surface area contributed by atoms with Gasteiger partial charge in [0.05, 0.1) is 6.54 Å². The maximum absolute atomic E-state index is 12.4. The third-order valence-corrected chi connectivity index (χ3v) is 4.21. The van der Waals surface area contributed by atoms with Gasteiger partial charge in [-0.05, 0) is 38.6 Å². The summed E-state index contributed by atoms with van der Waals surface area (Å²) in [5, 5.41) is 2.87. The predicted octanol–water partition coefficient (Wildman–Crippen LogP) is 1.92. The third-order valence-electron chi connectivity index (χ3n) is 4.21. The van der Waals surface area contributed by atoms with Gasteiger partial charge >= 0.3 is 6.03 Å². The molecule has 3 heterocycles. The average molecular weight is 326 g/mol. The second-order valence-corrected chi connectivity index (χ2v) is 6.06. The Balaban J connectivity index is 1.53. The fourth-order valence-electron chi connectivity index (χ4n) is 2.85. The molecule has 3 rings (SSSR count). The van der Waals surface area contributed by atoms with Crippen molar-refractivity contribution < 1.29 is 4.79 Å². The summed E-state index contributed by atoms with van der Waals surface area (Å²) in [4.78, 5) is 29.2. The van der Waals surface area contributed by atoms with Crippen LogP contribution in [0.2, 0.25) is 0 Å². The van der Waals surface area contributed by atoms with E-state index in [-0.39, 0.29) is 6.03 Å². The number of amides is 2. The van der Waals surface area contributed by atoms with Crippen LogP contribution in [-0.4, -0.2) is 57.0 Å². The van der Waals surface area contributed by atoms with E-state index in [2.05, 4.69) is 25.2 Å². The highest BCUT2D eigenvalue weighted by atomic mass is 16.2. The van der Waals surface area contributed by atoms with E-state index in [1.165, 1.54) is 0 Å². The van der Waals surface area contributed by atoms with Crippen LogP contribution in [-0.2, 0) is 6.54 Å². The maximum atomic E-state index is 12.4. The van der Waals surface area contributed by atoms with Crippen molar-refractivity contribution in [2.24, 2.45) is 0 Å². The third kappa shape index (κ3) is 4.05. The second kappa shape index (κ2) is 7.35. The lowest BCUT2D eigenvalue weighted by molar-refractivity contribution is 0.206. The van der Waals surface area contributed by atoms with Crippen LogP contribution in [0.1, 0.15) is 17.9 Å². The van der Waals surface area contributed by atoms with Gasteiger partial charge in [0.15, 0.2) is 0 Å². The van der Waals surface area contributed by atoms with E-state index in [1.807, 2.05) is 37.1 Å². The number of urea groups is 1. The molecule has 2 aromatic rings. The molecular formula is C17H22N6O. The van der Waals surface area contributed by atoms with Crippen LogP contribution < -0.4 is 5.32 Å². The highest BCUT2D eigenvalue weighted by Gasteiger charge is 2.29. The molecule has 24 heavy (non-hydrogen) atoms. The first kappa shape index (κ1) is 16.3. The molecule has 1 fully saturated rings. The Labute approximate surface area is 141 Å². The zero-order chi connectivity index (χ0) is 16.9. The summed E-state index contributed by atoms with van der Waals surface area (Å²) in [5.41, 5.74) is 0.884. The highest BCUT2D eigenvalue weighted by molar-refractivity contribution is 5.88. The summed E-state index contributed by atoms with van der Waals surface area (Å²) in [6.07, 6.45) is 4.44. The van der Waals surface area contributed by atoms with E-state index >= 15 is 0 Å². The maximum Gasteiger partial charge on any atom is 0.323 e. The Kier molecular flexibility index (Phi) is 5.00. The number of carbonyl (C=O) groups is 1. The van der Waals surface area contributed by atoms with Gasteiger partial charge in [0, 0.05) is 37.2 Å². The fourth-order valence-corrected chi connectivity index (χ4v) is 2.85. The van der Waals surface area contributed by atoms with E-state index in [1.54, 1.807) is 18.5 Å². The summed E-state index contributed by atoms with van der Waals surface area (Å²) < 4.78 is 0. The number of carbonyl (C=O) groups excluding carboxylic acids is 1. The molecule has 7 heteroatoms. The van der Waals surface area contributed by atoms with Crippen molar-refractivity contribution in [1.29, 1.82) is 0 Å². The molecule has 126 valence electrons. The quantitative estimate of drug-likeness (QED) is 0.929. The van der Waals surface area contributed by atoms with Crippen LogP contribution in [0.15, 0.2) is 36.7 Å². The molecular weight excluding hydrogens is 304 g/mol. The molecule has 0 saturated carbocycles. The minimum atomic E-state index is -0.0973. The summed E-state index contributed by atoms with van der Waals surface area (Å²) in [7, 11) is 2.05. The molecule has 7 nitrogen and oxygen atoms in total. The molecule has 0 radical (unpaired) electrons.